The van der Waals surface area contributed by atoms with Crippen molar-refractivity contribution < 1.29 is 14.6 Å². The summed E-state index contributed by atoms with van der Waals surface area (Å²) in [6.07, 6.45) is 5.34. The average Bonchev–Trinajstić information content (AvgIpc) is 3.16. The predicted octanol–water partition coefficient (Wildman–Crippen LogP) is 5.67. The normalized spacial score (nSPS) is 25.6. The quantitative estimate of drug-likeness (QED) is 0.474. The van der Waals surface area contributed by atoms with Crippen molar-refractivity contribution >= 4 is 5.97 Å². The molecule has 1 aliphatic rings. The highest BCUT2D eigenvalue weighted by atomic mass is 16.5. The molecule has 0 saturated heterocycles. The molecular formula is C24H34O3. The summed E-state index contributed by atoms with van der Waals surface area (Å²) in [5, 5.41) is 8.92. The van der Waals surface area contributed by atoms with E-state index in [2.05, 4.69) is 58.9 Å². The van der Waals surface area contributed by atoms with E-state index in [1.54, 1.807) is 7.11 Å². The van der Waals surface area contributed by atoms with E-state index in [0.717, 1.165) is 5.57 Å². The Bertz CT molecular complexity index is 716. The van der Waals surface area contributed by atoms with Crippen LogP contribution in [0, 0.1) is 11.8 Å². The highest BCUT2D eigenvalue weighted by Crippen LogP contribution is 2.61. The number of rotatable bonds is 8. The summed E-state index contributed by atoms with van der Waals surface area (Å²) < 4.78 is 5.50. The van der Waals surface area contributed by atoms with Crippen molar-refractivity contribution in [2.45, 2.75) is 58.8 Å². The van der Waals surface area contributed by atoms with Crippen molar-refractivity contribution in [3.05, 3.63) is 58.7 Å². The number of carbonyl (C=O) groups is 1. The van der Waals surface area contributed by atoms with Gasteiger partial charge in [0.1, 0.15) is 0 Å². The van der Waals surface area contributed by atoms with Gasteiger partial charge in [0.2, 0.25) is 0 Å². The van der Waals surface area contributed by atoms with Gasteiger partial charge < -0.3 is 9.84 Å². The SMILES string of the molecule is COCC1C(/C=C/C(C)=C/C(=O)O)C1(C)c1cc(C(C)C)cc(C(C)C)c1. The van der Waals surface area contributed by atoms with Crippen LogP contribution in [0.3, 0.4) is 0 Å². The van der Waals surface area contributed by atoms with Gasteiger partial charge in [-0.05, 0) is 52.9 Å². The van der Waals surface area contributed by atoms with Crippen LogP contribution in [0.25, 0.3) is 0 Å². The number of carboxylic acid groups (broad SMARTS) is 1. The number of benzene rings is 1. The van der Waals surface area contributed by atoms with Gasteiger partial charge in [0.15, 0.2) is 0 Å². The molecule has 1 aromatic carbocycles. The van der Waals surface area contributed by atoms with Crippen LogP contribution in [-0.2, 0) is 14.9 Å². The maximum atomic E-state index is 10.9. The Balaban J connectivity index is 2.42. The lowest BCUT2D eigenvalue weighted by Crippen LogP contribution is -2.10. The Kier molecular flexibility index (Phi) is 6.69. The Morgan fingerprint density at radius 1 is 1.19 bits per heavy atom. The van der Waals surface area contributed by atoms with Gasteiger partial charge in [0.05, 0.1) is 6.61 Å². The second-order valence-electron chi connectivity index (χ2n) is 8.65. The fourth-order valence-electron chi connectivity index (χ4n) is 3.99. The van der Waals surface area contributed by atoms with E-state index in [-0.39, 0.29) is 5.41 Å². The van der Waals surface area contributed by atoms with Gasteiger partial charge in [-0.1, -0.05) is 65.0 Å². The lowest BCUT2D eigenvalue weighted by molar-refractivity contribution is -0.131. The summed E-state index contributed by atoms with van der Waals surface area (Å²) in [5.41, 5.74) is 4.90. The highest BCUT2D eigenvalue weighted by molar-refractivity contribution is 5.81. The molecule has 27 heavy (non-hydrogen) atoms. The second kappa shape index (κ2) is 8.43. The van der Waals surface area contributed by atoms with Gasteiger partial charge in [-0.25, -0.2) is 4.79 Å². The van der Waals surface area contributed by atoms with Gasteiger partial charge in [-0.3, -0.25) is 0 Å². The molecule has 2 rings (SSSR count). The van der Waals surface area contributed by atoms with Crippen LogP contribution >= 0.6 is 0 Å². The summed E-state index contributed by atoms with van der Waals surface area (Å²) in [7, 11) is 1.75. The zero-order chi connectivity index (χ0) is 20.4. The summed E-state index contributed by atoms with van der Waals surface area (Å²) >= 11 is 0. The molecule has 1 saturated carbocycles. The topological polar surface area (TPSA) is 46.5 Å². The van der Waals surface area contributed by atoms with Crippen LogP contribution < -0.4 is 0 Å². The van der Waals surface area contributed by atoms with E-state index in [1.165, 1.54) is 22.8 Å². The molecule has 1 aliphatic carbocycles. The van der Waals surface area contributed by atoms with Crippen molar-refractivity contribution in [1.82, 2.24) is 0 Å². The van der Waals surface area contributed by atoms with Gasteiger partial charge in [-0.15, -0.1) is 0 Å². The van der Waals surface area contributed by atoms with E-state index in [1.807, 2.05) is 13.0 Å². The van der Waals surface area contributed by atoms with E-state index in [4.69, 9.17) is 9.84 Å². The maximum absolute atomic E-state index is 10.9. The standard InChI is InChI=1S/C24H34O3/c1-15(2)18-11-19(16(3)4)13-20(12-18)24(6)21(22(24)14-27-7)9-8-17(5)10-23(25)26/h8-13,15-16,21-22H,14H2,1-7H3,(H,25,26)/b9-8+,17-10+. The minimum atomic E-state index is -0.907. The van der Waals surface area contributed by atoms with Crippen LogP contribution in [0.1, 0.15) is 70.1 Å². The minimum Gasteiger partial charge on any atom is -0.478 e. The average molecular weight is 371 g/mol. The molecular weight excluding hydrogens is 336 g/mol. The third-order valence-electron chi connectivity index (χ3n) is 5.98. The van der Waals surface area contributed by atoms with Gasteiger partial charge >= 0.3 is 5.97 Å². The van der Waals surface area contributed by atoms with E-state index in [9.17, 15) is 4.79 Å². The minimum absolute atomic E-state index is 0.0184. The number of aliphatic carboxylic acids is 1. The predicted molar refractivity (Wildman–Crippen MR) is 111 cm³/mol. The molecule has 1 N–H and O–H groups in total. The van der Waals surface area contributed by atoms with E-state index < -0.39 is 5.97 Å². The Hall–Kier alpha value is -1.87. The lowest BCUT2D eigenvalue weighted by atomic mass is 9.86. The Morgan fingerprint density at radius 2 is 1.74 bits per heavy atom. The molecule has 3 nitrogen and oxygen atoms in total. The zero-order valence-corrected chi connectivity index (χ0v) is 17.7. The monoisotopic (exact) mass is 370 g/mol. The lowest BCUT2D eigenvalue weighted by Gasteiger charge is -2.19. The maximum Gasteiger partial charge on any atom is 0.328 e. The first-order valence-electron chi connectivity index (χ1n) is 9.85. The van der Waals surface area contributed by atoms with Crippen LogP contribution in [0.15, 0.2) is 42.0 Å². The van der Waals surface area contributed by atoms with Crippen LogP contribution in [0.4, 0.5) is 0 Å². The van der Waals surface area contributed by atoms with Gasteiger partial charge in [-0.2, -0.15) is 0 Å². The summed E-state index contributed by atoms with van der Waals surface area (Å²) in [6.45, 7) is 13.8. The molecule has 0 aromatic heterocycles. The molecule has 0 heterocycles. The third kappa shape index (κ3) is 4.70. The van der Waals surface area contributed by atoms with Crippen LogP contribution in [0.2, 0.25) is 0 Å². The zero-order valence-electron chi connectivity index (χ0n) is 17.7. The summed E-state index contributed by atoms with van der Waals surface area (Å²) in [6, 6.07) is 7.04. The first-order chi connectivity index (χ1) is 12.6. The van der Waals surface area contributed by atoms with Crippen molar-refractivity contribution in [3.8, 4) is 0 Å². The molecule has 0 radical (unpaired) electrons. The first-order valence-corrected chi connectivity index (χ1v) is 9.85. The molecule has 1 aromatic rings. The van der Waals surface area contributed by atoms with Crippen molar-refractivity contribution in [2.75, 3.05) is 13.7 Å². The molecule has 3 atom stereocenters. The Morgan fingerprint density at radius 3 is 2.19 bits per heavy atom. The van der Waals surface area contributed by atoms with Gasteiger partial charge in [0, 0.05) is 18.6 Å². The number of hydrogen-bond acceptors (Lipinski definition) is 2. The number of ether oxygens (including phenoxy) is 1. The number of carboxylic acids is 1. The fraction of sp³-hybridized carbons (Fsp3) is 0.542. The molecule has 0 aliphatic heterocycles. The molecule has 0 bridgehead atoms. The number of methoxy groups -OCH3 is 1. The van der Waals surface area contributed by atoms with Crippen molar-refractivity contribution in [2.24, 2.45) is 11.8 Å². The molecule has 3 unspecified atom stereocenters. The second-order valence-corrected chi connectivity index (χ2v) is 8.65. The summed E-state index contributed by atoms with van der Waals surface area (Å²) in [5.74, 6) is 0.812. The number of allylic oxidation sites excluding steroid dienone is 3. The van der Waals surface area contributed by atoms with E-state index >= 15 is 0 Å². The van der Waals surface area contributed by atoms with Crippen molar-refractivity contribution in [1.29, 1.82) is 0 Å². The van der Waals surface area contributed by atoms with Crippen molar-refractivity contribution in [3.63, 3.8) is 0 Å². The highest BCUT2D eigenvalue weighted by Gasteiger charge is 2.60. The van der Waals surface area contributed by atoms with Crippen LogP contribution in [0.5, 0.6) is 0 Å². The molecule has 0 amide bonds. The first kappa shape index (κ1) is 21.4. The fourth-order valence-corrected chi connectivity index (χ4v) is 3.99. The third-order valence-corrected chi connectivity index (χ3v) is 5.98. The number of hydrogen-bond donors (Lipinski definition) is 1. The summed E-state index contributed by atoms with van der Waals surface area (Å²) in [4.78, 5) is 10.9. The largest absolute Gasteiger partial charge is 0.478 e. The Labute approximate surface area is 164 Å². The smallest absolute Gasteiger partial charge is 0.328 e. The van der Waals surface area contributed by atoms with E-state index in [0.29, 0.717) is 30.3 Å². The van der Waals surface area contributed by atoms with Crippen LogP contribution in [-0.4, -0.2) is 24.8 Å². The molecule has 148 valence electrons. The molecule has 0 spiro atoms. The van der Waals surface area contributed by atoms with Gasteiger partial charge in [0.25, 0.3) is 0 Å². The molecule has 1 fully saturated rings. The molecule has 3 heteroatoms.